The van der Waals surface area contributed by atoms with Gasteiger partial charge in [0.1, 0.15) is 17.0 Å². The van der Waals surface area contributed by atoms with Crippen LogP contribution in [-0.4, -0.2) is 42.8 Å². The van der Waals surface area contributed by atoms with Crippen molar-refractivity contribution in [2.75, 3.05) is 6.54 Å². The van der Waals surface area contributed by atoms with E-state index in [0.717, 1.165) is 0 Å². The highest BCUT2D eigenvalue weighted by Gasteiger charge is 2.29. The molecule has 0 bridgehead atoms. The standard InChI is InChI=1S/C27H30Br2ClFN2O6S/c1-26(2,3)38-24(34)19-13-16(30)7-8-22(19)40(36,37)32-10-9-17-18-11-15(29)12-20(31)23(18)33(21(17)14-28)25(35)39-27(4,5)6/h7-8,11-13,32H,9-10,14H2,1-6H3. The van der Waals surface area contributed by atoms with Crippen LogP contribution in [0.25, 0.3) is 10.9 Å². The molecule has 218 valence electrons. The van der Waals surface area contributed by atoms with Gasteiger partial charge in [-0.3, -0.25) is 0 Å². The van der Waals surface area contributed by atoms with Gasteiger partial charge in [-0.1, -0.05) is 43.5 Å². The summed E-state index contributed by atoms with van der Waals surface area (Å²) in [6, 6.07) is 6.74. The zero-order valence-electron chi connectivity index (χ0n) is 22.8. The third-order valence-electron chi connectivity index (χ3n) is 5.41. The van der Waals surface area contributed by atoms with E-state index in [9.17, 15) is 18.0 Å². The van der Waals surface area contributed by atoms with Crippen LogP contribution in [0.5, 0.6) is 0 Å². The third kappa shape index (κ3) is 7.64. The molecule has 0 spiro atoms. The van der Waals surface area contributed by atoms with E-state index in [1.807, 2.05) is 0 Å². The molecular weight excluding hydrogens is 695 g/mol. The van der Waals surface area contributed by atoms with Gasteiger partial charge in [-0.2, -0.15) is 0 Å². The van der Waals surface area contributed by atoms with Crippen molar-refractivity contribution in [1.82, 2.24) is 9.29 Å². The van der Waals surface area contributed by atoms with Crippen molar-refractivity contribution < 1.29 is 31.9 Å². The van der Waals surface area contributed by atoms with E-state index in [1.54, 1.807) is 47.6 Å². The van der Waals surface area contributed by atoms with Gasteiger partial charge in [0, 0.05) is 32.5 Å². The molecule has 8 nitrogen and oxygen atoms in total. The summed E-state index contributed by atoms with van der Waals surface area (Å²) in [4.78, 5) is 25.6. The number of ether oxygens (including phenoxy) is 2. The Labute approximate surface area is 254 Å². The van der Waals surface area contributed by atoms with Gasteiger partial charge in [0.15, 0.2) is 0 Å². The minimum atomic E-state index is -4.20. The summed E-state index contributed by atoms with van der Waals surface area (Å²) in [6.45, 7) is 9.98. The topological polar surface area (TPSA) is 104 Å². The number of benzene rings is 2. The lowest BCUT2D eigenvalue weighted by Gasteiger charge is -2.21. The van der Waals surface area contributed by atoms with E-state index < -0.39 is 39.1 Å². The molecule has 0 amide bonds. The predicted molar refractivity (Wildman–Crippen MR) is 159 cm³/mol. The van der Waals surface area contributed by atoms with E-state index in [2.05, 4.69) is 36.6 Å². The SMILES string of the molecule is CC(C)(C)OC(=O)c1cc(Cl)ccc1S(=O)(=O)NCCc1c(CBr)n(C(=O)OC(C)(C)C)c2c(F)cc(Br)cc12. The first-order valence-electron chi connectivity index (χ1n) is 12.2. The smallest absolute Gasteiger partial charge is 0.419 e. The highest BCUT2D eigenvalue weighted by Crippen LogP contribution is 2.34. The predicted octanol–water partition coefficient (Wildman–Crippen LogP) is 7.35. The minimum absolute atomic E-state index is 0.0228. The number of fused-ring (bicyclic) bond motifs is 1. The van der Waals surface area contributed by atoms with E-state index in [-0.39, 0.29) is 39.3 Å². The maximum atomic E-state index is 15.2. The van der Waals surface area contributed by atoms with Crippen molar-refractivity contribution in [3.8, 4) is 0 Å². The lowest BCUT2D eigenvalue weighted by molar-refractivity contribution is 0.00647. The fourth-order valence-electron chi connectivity index (χ4n) is 3.99. The van der Waals surface area contributed by atoms with Crippen molar-refractivity contribution in [2.45, 2.75) is 69.4 Å². The number of sulfonamides is 1. The van der Waals surface area contributed by atoms with Gasteiger partial charge >= 0.3 is 12.1 Å². The largest absolute Gasteiger partial charge is 0.456 e. The first-order valence-corrected chi connectivity index (χ1v) is 16.0. The normalized spacial score (nSPS) is 12.6. The maximum Gasteiger partial charge on any atom is 0.419 e. The molecule has 0 radical (unpaired) electrons. The second-order valence-corrected chi connectivity index (χ2v) is 14.6. The number of nitrogens with one attached hydrogen (secondary N) is 1. The van der Waals surface area contributed by atoms with Crippen LogP contribution in [0, 0.1) is 5.82 Å². The Morgan fingerprint density at radius 3 is 2.25 bits per heavy atom. The first-order chi connectivity index (χ1) is 18.3. The zero-order valence-corrected chi connectivity index (χ0v) is 27.6. The molecule has 13 heteroatoms. The number of esters is 1. The molecule has 2 aromatic carbocycles. The number of hydrogen-bond donors (Lipinski definition) is 1. The summed E-state index contributed by atoms with van der Waals surface area (Å²) in [6.07, 6.45) is -0.666. The van der Waals surface area contributed by atoms with Crippen LogP contribution in [0.4, 0.5) is 9.18 Å². The molecule has 0 atom stereocenters. The van der Waals surface area contributed by atoms with Gasteiger partial charge in [-0.25, -0.2) is 31.7 Å². The van der Waals surface area contributed by atoms with Crippen molar-refractivity contribution in [3.63, 3.8) is 0 Å². The quantitative estimate of drug-likeness (QED) is 0.202. The van der Waals surface area contributed by atoms with Gasteiger partial charge in [-0.05, 0) is 83.9 Å². The van der Waals surface area contributed by atoms with Crippen molar-refractivity contribution in [3.05, 3.63) is 62.5 Å². The van der Waals surface area contributed by atoms with E-state index in [1.165, 1.54) is 28.8 Å². The first kappa shape index (κ1) is 32.5. The van der Waals surface area contributed by atoms with Gasteiger partial charge < -0.3 is 9.47 Å². The van der Waals surface area contributed by atoms with Gasteiger partial charge in [0.2, 0.25) is 10.0 Å². The second-order valence-electron chi connectivity index (χ2n) is 10.9. The fourth-order valence-corrected chi connectivity index (χ4v) is 6.39. The molecule has 0 unspecified atom stereocenters. The molecule has 40 heavy (non-hydrogen) atoms. The van der Waals surface area contributed by atoms with E-state index in [4.69, 9.17) is 21.1 Å². The van der Waals surface area contributed by atoms with Gasteiger partial charge in [-0.15, -0.1) is 0 Å². The zero-order chi connectivity index (χ0) is 30.2. The number of carbonyl (C=O) groups is 2. The number of carbonyl (C=O) groups excluding carboxylic acids is 2. The monoisotopic (exact) mass is 722 g/mol. The Morgan fingerprint density at radius 1 is 1.05 bits per heavy atom. The number of nitrogens with zero attached hydrogens (tertiary/aromatic N) is 1. The Morgan fingerprint density at radius 2 is 1.68 bits per heavy atom. The van der Waals surface area contributed by atoms with Crippen LogP contribution in [0.3, 0.4) is 0 Å². The molecule has 3 aromatic rings. The summed E-state index contributed by atoms with van der Waals surface area (Å²) in [5.74, 6) is -1.48. The molecule has 1 N–H and O–H groups in total. The van der Waals surface area contributed by atoms with E-state index in [0.29, 0.717) is 21.1 Å². The highest BCUT2D eigenvalue weighted by molar-refractivity contribution is 9.10. The van der Waals surface area contributed by atoms with Gasteiger partial charge in [0.05, 0.1) is 16.0 Å². The van der Waals surface area contributed by atoms with Crippen molar-refractivity contribution >= 4 is 76.4 Å². The molecular formula is C27H30Br2ClFN2O6S. The van der Waals surface area contributed by atoms with Crippen LogP contribution in [-0.2, 0) is 31.2 Å². The lowest BCUT2D eigenvalue weighted by Crippen LogP contribution is -2.30. The number of aromatic nitrogens is 1. The van der Waals surface area contributed by atoms with Gasteiger partial charge in [0.25, 0.3) is 0 Å². The number of rotatable bonds is 7. The average molecular weight is 725 g/mol. The van der Waals surface area contributed by atoms with Crippen molar-refractivity contribution in [1.29, 1.82) is 0 Å². The average Bonchev–Trinajstić information content (AvgIpc) is 3.10. The van der Waals surface area contributed by atoms with Crippen LogP contribution >= 0.6 is 43.5 Å². The summed E-state index contributed by atoms with van der Waals surface area (Å²) < 4.78 is 56.8. The molecule has 0 aliphatic rings. The second kappa shape index (κ2) is 12.1. The maximum absolute atomic E-state index is 15.2. The molecule has 1 aromatic heterocycles. The Bertz CT molecular complexity index is 1580. The fraction of sp³-hybridized carbons (Fsp3) is 0.407. The highest BCUT2D eigenvalue weighted by atomic mass is 79.9. The van der Waals surface area contributed by atoms with Crippen LogP contribution in [0.15, 0.2) is 39.7 Å². The Hall–Kier alpha value is -1.99. The minimum Gasteiger partial charge on any atom is -0.456 e. The summed E-state index contributed by atoms with van der Waals surface area (Å²) in [7, 11) is -4.20. The third-order valence-corrected chi connectivity index (χ3v) is 8.16. The molecule has 0 fully saturated rings. The van der Waals surface area contributed by atoms with Crippen molar-refractivity contribution in [2.24, 2.45) is 0 Å². The summed E-state index contributed by atoms with van der Waals surface area (Å²) in [5, 5.41) is 0.761. The molecule has 1 heterocycles. The van der Waals surface area contributed by atoms with Crippen LogP contribution in [0.2, 0.25) is 5.02 Å². The molecule has 3 rings (SSSR count). The van der Waals surface area contributed by atoms with Crippen LogP contribution in [0.1, 0.15) is 63.2 Å². The Kier molecular flexibility index (Phi) is 9.83. The molecule has 0 saturated carbocycles. The molecule has 0 aliphatic heterocycles. The number of halogens is 4. The number of hydrogen-bond acceptors (Lipinski definition) is 6. The molecule has 0 saturated heterocycles. The summed E-state index contributed by atoms with van der Waals surface area (Å²) in [5.41, 5.74) is -0.904. The van der Waals surface area contributed by atoms with E-state index >= 15 is 4.39 Å². The van der Waals surface area contributed by atoms with Crippen LogP contribution < -0.4 is 4.72 Å². The number of alkyl halides is 1. The summed E-state index contributed by atoms with van der Waals surface area (Å²) >= 11 is 12.7. The Balaban J connectivity index is 2.00. The molecule has 0 aliphatic carbocycles. The lowest BCUT2D eigenvalue weighted by atomic mass is 10.1.